The minimum Gasteiger partial charge on any atom is -0.492 e. The van der Waals surface area contributed by atoms with Gasteiger partial charge in [-0.05, 0) is 48.2 Å². The molecule has 0 bridgehead atoms. The summed E-state index contributed by atoms with van der Waals surface area (Å²) in [6.45, 7) is 7.93. The fourth-order valence-electron chi connectivity index (χ4n) is 4.81. The minimum atomic E-state index is -4.40. The van der Waals surface area contributed by atoms with E-state index in [0.717, 1.165) is 30.6 Å². The van der Waals surface area contributed by atoms with Crippen LogP contribution in [0.4, 0.5) is 18.9 Å². The lowest BCUT2D eigenvalue weighted by molar-refractivity contribution is -0.137. The molecule has 0 saturated carbocycles. The number of halogens is 3. The smallest absolute Gasteiger partial charge is 0.416 e. The molecule has 2 aromatic carbocycles. The number of alkyl halides is 3. The number of rotatable bonds is 7. The highest BCUT2D eigenvalue weighted by molar-refractivity contribution is 5.82. The first-order valence-electron chi connectivity index (χ1n) is 11.9. The van der Waals surface area contributed by atoms with Crippen molar-refractivity contribution in [2.45, 2.75) is 32.5 Å². The Kier molecular flexibility index (Phi) is 7.36. The Morgan fingerprint density at radius 1 is 1.15 bits per heavy atom. The predicted octanol–water partition coefficient (Wildman–Crippen LogP) is 4.22. The van der Waals surface area contributed by atoms with Gasteiger partial charge < -0.3 is 15.0 Å². The molecule has 4 rings (SSSR count). The summed E-state index contributed by atoms with van der Waals surface area (Å²) in [6.07, 6.45) is -4.10. The summed E-state index contributed by atoms with van der Waals surface area (Å²) in [5, 5.41) is 3.01. The first kappa shape index (κ1) is 24.4. The zero-order chi connectivity index (χ0) is 24.3. The molecule has 0 spiro atoms. The van der Waals surface area contributed by atoms with Crippen molar-refractivity contribution in [3.8, 4) is 5.75 Å². The molecule has 1 N–H and O–H groups in total. The number of hydrogen-bond donors (Lipinski definition) is 1. The average molecular weight is 476 g/mol. The van der Waals surface area contributed by atoms with Crippen LogP contribution in [-0.4, -0.2) is 56.2 Å². The van der Waals surface area contributed by atoms with E-state index < -0.39 is 17.7 Å². The Balaban J connectivity index is 1.50. The van der Waals surface area contributed by atoms with Gasteiger partial charge in [0.1, 0.15) is 12.4 Å². The highest BCUT2D eigenvalue weighted by Gasteiger charge is 2.42. The summed E-state index contributed by atoms with van der Waals surface area (Å²) in [4.78, 5) is 17.6. The van der Waals surface area contributed by atoms with Crippen LogP contribution in [0.5, 0.6) is 5.75 Å². The number of carbonyl (C=O) groups excluding carboxylic acids is 1. The van der Waals surface area contributed by atoms with Gasteiger partial charge in [-0.3, -0.25) is 9.69 Å². The summed E-state index contributed by atoms with van der Waals surface area (Å²) < 4.78 is 45.9. The molecule has 1 amide bonds. The number of anilines is 1. The summed E-state index contributed by atoms with van der Waals surface area (Å²) in [7, 11) is 0. The van der Waals surface area contributed by atoms with Gasteiger partial charge in [0.05, 0.1) is 17.5 Å². The largest absolute Gasteiger partial charge is 0.492 e. The van der Waals surface area contributed by atoms with Crippen molar-refractivity contribution in [3.05, 3.63) is 59.7 Å². The Bertz CT molecular complexity index is 981. The summed E-state index contributed by atoms with van der Waals surface area (Å²) in [5.41, 5.74) is 0.741. The van der Waals surface area contributed by atoms with Gasteiger partial charge >= 0.3 is 6.18 Å². The first-order valence-corrected chi connectivity index (χ1v) is 11.9. The number of benzene rings is 2. The van der Waals surface area contributed by atoms with Gasteiger partial charge in [-0.25, -0.2) is 0 Å². The van der Waals surface area contributed by atoms with E-state index in [9.17, 15) is 18.0 Å². The van der Waals surface area contributed by atoms with Crippen LogP contribution in [0.2, 0.25) is 0 Å². The third-order valence-corrected chi connectivity index (χ3v) is 6.56. The molecular formula is C26H32F3N3O2. The molecule has 0 aromatic heterocycles. The third kappa shape index (κ3) is 5.66. The zero-order valence-electron chi connectivity index (χ0n) is 19.6. The van der Waals surface area contributed by atoms with Crippen molar-refractivity contribution in [3.63, 3.8) is 0 Å². The molecule has 1 saturated heterocycles. The third-order valence-electron chi connectivity index (χ3n) is 6.56. The monoisotopic (exact) mass is 475 g/mol. The van der Waals surface area contributed by atoms with Crippen molar-refractivity contribution in [2.24, 2.45) is 11.8 Å². The van der Waals surface area contributed by atoms with E-state index in [1.807, 2.05) is 44.2 Å². The van der Waals surface area contributed by atoms with Gasteiger partial charge in [0.15, 0.2) is 0 Å². The quantitative estimate of drug-likeness (QED) is 0.652. The van der Waals surface area contributed by atoms with E-state index in [-0.39, 0.29) is 11.9 Å². The predicted molar refractivity (Wildman–Crippen MR) is 126 cm³/mol. The van der Waals surface area contributed by atoms with Gasteiger partial charge in [0.2, 0.25) is 5.91 Å². The fraction of sp³-hybridized carbons (Fsp3) is 0.500. The number of nitrogens with zero attached hydrogens (tertiary/aromatic N) is 2. The highest BCUT2D eigenvalue weighted by atomic mass is 19.4. The minimum absolute atomic E-state index is 0.0888. The topological polar surface area (TPSA) is 44.8 Å². The lowest BCUT2D eigenvalue weighted by Crippen LogP contribution is -2.61. The average Bonchev–Trinajstić information content (AvgIpc) is 2.81. The van der Waals surface area contributed by atoms with E-state index in [2.05, 4.69) is 15.1 Å². The molecule has 184 valence electrons. The number of hydrogen-bond acceptors (Lipinski definition) is 4. The molecule has 2 atom stereocenters. The fourth-order valence-corrected chi connectivity index (χ4v) is 4.81. The van der Waals surface area contributed by atoms with E-state index in [0.29, 0.717) is 44.1 Å². The van der Waals surface area contributed by atoms with Crippen molar-refractivity contribution in [1.29, 1.82) is 0 Å². The normalized spacial score (nSPS) is 20.6. The Labute approximate surface area is 198 Å². The molecule has 34 heavy (non-hydrogen) atoms. The molecule has 0 radical (unpaired) electrons. The van der Waals surface area contributed by atoms with Crippen LogP contribution < -0.4 is 15.0 Å². The molecule has 5 nitrogen and oxygen atoms in total. The van der Waals surface area contributed by atoms with Gasteiger partial charge in [0, 0.05) is 38.4 Å². The van der Waals surface area contributed by atoms with Crippen LogP contribution in [0.25, 0.3) is 0 Å². The maximum atomic E-state index is 13.3. The van der Waals surface area contributed by atoms with Gasteiger partial charge in [-0.1, -0.05) is 32.0 Å². The number of ether oxygens (including phenoxy) is 1. The molecule has 8 heteroatoms. The summed E-state index contributed by atoms with van der Waals surface area (Å²) in [6, 6.07) is 13.5. The number of amides is 1. The second-order valence-electron chi connectivity index (χ2n) is 9.51. The molecule has 1 fully saturated rings. The van der Waals surface area contributed by atoms with E-state index in [1.54, 1.807) is 6.07 Å². The molecule has 0 unspecified atom stereocenters. The molecule has 2 aliphatic heterocycles. The maximum Gasteiger partial charge on any atom is 0.416 e. The lowest BCUT2D eigenvalue weighted by Gasteiger charge is -2.49. The Hall–Kier alpha value is -2.74. The van der Waals surface area contributed by atoms with Crippen molar-refractivity contribution in [1.82, 2.24) is 10.2 Å². The van der Waals surface area contributed by atoms with E-state index >= 15 is 0 Å². The second-order valence-corrected chi connectivity index (χ2v) is 9.51. The van der Waals surface area contributed by atoms with Gasteiger partial charge in [-0.15, -0.1) is 0 Å². The van der Waals surface area contributed by atoms with Crippen molar-refractivity contribution >= 4 is 11.6 Å². The molecule has 2 aliphatic rings. The van der Waals surface area contributed by atoms with Crippen LogP contribution in [0.1, 0.15) is 25.0 Å². The zero-order valence-corrected chi connectivity index (χ0v) is 19.6. The van der Waals surface area contributed by atoms with Crippen LogP contribution >= 0.6 is 0 Å². The maximum absolute atomic E-state index is 13.3. The van der Waals surface area contributed by atoms with Crippen LogP contribution in [-0.2, 0) is 17.4 Å². The van der Waals surface area contributed by atoms with E-state index in [1.165, 1.54) is 6.07 Å². The van der Waals surface area contributed by atoms with Gasteiger partial charge in [0.25, 0.3) is 0 Å². The highest BCUT2D eigenvalue weighted by Crippen LogP contribution is 2.39. The van der Waals surface area contributed by atoms with E-state index in [4.69, 9.17) is 4.74 Å². The number of nitrogens with one attached hydrogen (secondary N) is 1. The van der Waals surface area contributed by atoms with Crippen LogP contribution in [0.3, 0.4) is 0 Å². The molecule has 2 aromatic rings. The Morgan fingerprint density at radius 3 is 2.62 bits per heavy atom. The van der Waals surface area contributed by atoms with Crippen molar-refractivity contribution < 1.29 is 22.7 Å². The molecule has 2 heterocycles. The van der Waals surface area contributed by atoms with Gasteiger partial charge in [-0.2, -0.15) is 13.2 Å². The summed E-state index contributed by atoms with van der Waals surface area (Å²) >= 11 is 0. The SMILES string of the molecule is CC(C)CNC(=O)[C@@H]1Cc2cc(C(F)(F)F)ccc2N2CCN(CCOc3ccccc3)C[C@@H]12. The number of carbonyl (C=O) groups is 1. The number of piperazine rings is 1. The Morgan fingerprint density at radius 2 is 1.91 bits per heavy atom. The molecule has 0 aliphatic carbocycles. The number of fused-ring (bicyclic) bond motifs is 3. The lowest BCUT2D eigenvalue weighted by atomic mass is 9.82. The standard InChI is InChI=1S/C26H32F3N3O2/c1-18(2)16-30-25(33)22-15-19-14-20(26(27,28)29)8-9-23(19)32-11-10-31(17-24(22)32)12-13-34-21-6-4-3-5-7-21/h3-9,14,18,22,24H,10-13,15-17H2,1-2H3,(H,30,33)/t22-,24+/m1/s1. The number of para-hydroxylation sites is 1. The van der Waals surface area contributed by atoms with Crippen LogP contribution in [0.15, 0.2) is 48.5 Å². The second kappa shape index (κ2) is 10.3. The first-order chi connectivity index (χ1) is 16.2. The summed E-state index contributed by atoms with van der Waals surface area (Å²) in [5.74, 6) is 0.617. The van der Waals surface area contributed by atoms with Crippen molar-refractivity contribution in [2.75, 3.05) is 44.2 Å². The van der Waals surface area contributed by atoms with Crippen LogP contribution in [0, 0.1) is 11.8 Å². The molecular weight excluding hydrogens is 443 g/mol.